The standard InChI is InChI=1S/C17H14Cl2N2O/c18-12-4-6-15(16(19)9-12)17-7-5-14(22-17)11-20-10-13-3-1-2-8-21-13/h1-9,20H,10-11H2. The first kappa shape index (κ1) is 15.1. The summed E-state index contributed by atoms with van der Waals surface area (Å²) in [5.74, 6) is 1.58. The number of benzene rings is 1. The summed E-state index contributed by atoms with van der Waals surface area (Å²) in [6.07, 6.45) is 1.78. The highest BCUT2D eigenvalue weighted by molar-refractivity contribution is 6.36. The molecule has 1 aromatic carbocycles. The minimum Gasteiger partial charge on any atom is -0.460 e. The van der Waals surface area contributed by atoms with Crippen molar-refractivity contribution in [2.75, 3.05) is 0 Å². The molecule has 0 radical (unpaired) electrons. The molecule has 0 atom stereocenters. The number of aromatic nitrogens is 1. The zero-order chi connectivity index (χ0) is 15.4. The van der Waals surface area contributed by atoms with Gasteiger partial charge in [0.05, 0.1) is 17.3 Å². The fourth-order valence-electron chi connectivity index (χ4n) is 2.12. The average molecular weight is 333 g/mol. The summed E-state index contributed by atoms with van der Waals surface area (Å²) < 4.78 is 5.82. The first-order chi connectivity index (χ1) is 10.7. The molecule has 1 N–H and O–H groups in total. The van der Waals surface area contributed by atoms with Crippen LogP contribution in [0.3, 0.4) is 0 Å². The van der Waals surface area contributed by atoms with Crippen molar-refractivity contribution in [2.45, 2.75) is 13.1 Å². The van der Waals surface area contributed by atoms with Crippen LogP contribution in [0.1, 0.15) is 11.5 Å². The van der Waals surface area contributed by atoms with Gasteiger partial charge in [0.15, 0.2) is 0 Å². The number of furan rings is 1. The zero-order valence-corrected chi connectivity index (χ0v) is 13.2. The van der Waals surface area contributed by atoms with Crippen molar-refractivity contribution in [3.63, 3.8) is 0 Å². The second-order valence-corrected chi connectivity index (χ2v) is 5.66. The molecule has 5 heteroatoms. The van der Waals surface area contributed by atoms with E-state index < -0.39 is 0 Å². The van der Waals surface area contributed by atoms with Gasteiger partial charge in [-0.1, -0.05) is 29.3 Å². The van der Waals surface area contributed by atoms with Gasteiger partial charge in [-0.3, -0.25) is 4.98 Å². The molecule has 0 saturated carbocycles. The number of nitrogens with zero attached hydrogens (tertiary/aromatic N) is 1. The minimum absolute atomic E-state index is 0.579. The quantitative estimate of drug-likeness (QED) is 0.719. The third-order valence-electron chi connectivity index (χ3n) is 3.19. The smallest absolute Gasteiger partial charge is 0.135 e. The maximum Gasteiger partial charge on any atom is 0.135 e. The number of pyridine rings is 1. The number of halogens is 2. The first-order valence-corrected chi connectivity index (χ1v) is 7.63. The van der Waals surface area contributed by atoms with Crippen LogP contribution in [0.25, 0.3) is 11.3 Å². The van der Waals surface area contributed by atoms with Gasteiger partial charge in [-0.25, -0.2) is 0 Å². The van der Waals surface area contributed by atoms with Crippen molar-refractivity contribution in [2.24, 2.45) is 0 Å². The Morgan fingerprint density at radius 2 is 1.91 bits per heavy atom. The van der Waals surface area contributed by atoms with Gasteiger partial charge in [0.2, 0.25) is 0 Å². The van der Waals surface area contributed by atoms with Gasteiger partial charge in [0.1, 0.15) is 11.5 Å². The molecule has 0 aliphatic heterocycles. The summed E-state index contributed by atoms with van der Waals surface area (Å²) in [5, 5.41) is 4.48. The van der Waals surface area contributed by atoms with Crippen LogP contribution in [-0.2, 0) is 13.1 Å². The highest BCUT2D eigenvalue weighted by Crippen LogP contribution is 2.31. The summed E-state index contributed by atoms with van der Waals surface area (Å²) in [6, 6.07) is 15.1. The van der Waals surface area contributed by atoms with Crippen molar-refractivity contribution in [1.29, 1.82) is 0 Å². The van der Waals surface area contributed by atoms with Crippen LogP contribution in [0.5, 0.6) is 0 Å². The normalized spacial score (nSPS) is 10.8. The Morgan fingerprint density at radius 1 is 1.00 bits per heavy atom. The van der Waals surface area contributed by atoms with Crippen molar-refractivity contribution in [1.82, 2.24) is 10.3 Å². The van der Waals surface area contributed by atoms with Crippen LogP contribution in [0.2, 0.25) is 10.0 Å². The highest BCUT2D eigenvalue weighted by atomic mass is 35.5. The van der Waals surface area contributed by atoms with Gasteiger partial charge in [-0.15, -0.1) is 0 Å². The monoisotopic (exact) mass is 332 g/mol. The Morgan fingerprint density at radius 3 is 2.68 bits per heavy atom. The van der Waals surface area contributed by atoms with E-state index in [0.29, 0.717) is 23.1 Å². The summed E-state index contributed by atoms with van der Waals surface area (Å²) >= 11 is 12.1. The molecule has 0 saturated heterocycles. The predicted molar refractivity (Wildman–Crippen MR) is 88.9 cm³/mol. The topological polar surface area (TPSA) is 38.1 Å². The molecule has 0 unspecified atom stereocenters. The molecule has 0 fully saturated rings. The molecule has 3 nitrogen and oxygen atoms in total. The SMILES string of the molecule is Clc1ccc(-c2ccc(CNCc3ccccn3)o2)c(Cl)c1. The van der Waals surface area contributed by atoms with E-state index in [2.05, 4.69) is 10.3 Å². The van der Waals surface area contributed by atoms with E-state index in [0.717, 1.165) is 22.8 Å². The maximum absolute atomic E-state index is 6.19. The van der Waals surface area contributed by atoms with Crippen LogP contribution in [0, 0.1) is 0 Å². The maximum atomic E-state index is 6.19. The fourth-order valence-corrected chi connectivity index (χ4v) is 2.63. The van der Waals surface area contributed by atoms with Gasteiger partial charge in [0.25, 0.3) is 0 Å². The summed E-state index contributed by atoms with van der Waals surface area (Å²) in [4.78, 5) is 4.26. The molecule has 22 heavy (non-hydrogen) atoms. The van der Waals surface area contributed by atoms with Crippen LogP contribution < -0.4 is 5.32 Å². The Balaban J connectivity index is 1.64. The fraction of sp³-hybridized carbons (Fsp3) is 0.118. The lowest BCUT2D eigenvalue weighted by Crippen LogP contribution is -2.12. The molecule has 3 rings (SSSR count). The Bertz CT molecular complexity index is 756. The number of hydrogen-bond acceptors (Lipinski definition) is 3. The molecule has 0 spiro atoms. The molecule has 2 heterocycles. The summed E-state index contributed by atoms with van der Waals surface area (Å²) in [7, 11) is 0. The Kier molecular flexibility index (Phi) is 4.78. The molecule has 0 aliphatic carbocycles. The van der Waals surface area contributed by atoms with Crippen LogP contribution in [0.15, 0.2) is 59.1 Å². The van der Waals surface area contributed by atoms with Gasteiger partial charge >= 0.3 is 0 Å². The number of hydrogen-bond donors (Lipinski definition) is 1. The highest BCUT2D eigenvalue weighted by Gasteiger charge is 2.09. The average Bonchev–Trinajstić information content (AvgIpc) is 2.97. The molecule has 0 amide bonds. The summed E-state index contributed by atoms with van der Waals surface area (Å²) in [5.41, 5.74) is 1.83. The number of nitrogens with one attached hydrogen (secondary N) is 1. The second kappa shape index (κ2) is 6.97. The van der Waals surface area contributed by atoms with E-state index in [1.54, 1.807) is 18.3 Å². The van der Waals surface area contributed by atoms with Crippen LogP contribution in [-0.4, -0.2) is 4.98 Å². The van der Waals surface area contributed by atoms with E-state index in [4.69, 9.17) is 27.6 Å². The molecule has 112 valence electrons. The Labute approximate surface area is 138 Å². The van der Waals surface area contributed by atoms with Crippen molar-refractivity contribution in [3.05, 3.63) is 76.2 Å². The van der Waals surface area contributed by atoms with Gasteiger partial charge in [-0.2, -0.15) is 0 Å². The van der Waals surface area contributed by atoms with Crippen molar-refractivity contribution >= 4 is 23.2 Å². The van der Waals surface area contributed by atoms with E-state index in [9.17, 15) is 0 Å². The largest absolute Gasteiger partial charge is 0.460 e. The third-order valence-corrected chi connectivity index (χ3v) is 3.74. The minimum atomic E-state index is 0.579. The lowest BCUT2D eigenvalue weighted by atomic mass is 10.2. The lowest BCUT2D eigenvalue weighted by molar-refractivity contribution is 0.492. The Hall–Kier alpha value is -1.81. The van der Waals surface area contributed by atoms with E-state index >= 15 is 0 Å². The third kappa shape index (κ3) is 3.69. The lowest BCUT2D eigenvalue weighted by Gasteiger charge is -2.03. The van der Waals surface area contributed by atoms with Gasteiger partial charge in [-0.05, 0) is 42.5 Å². The zero-order valence-electron chi connectivity index (χ0n) is 11.7. The second-order valence-electron chi connectivity index (χ2n) is 4.81. The molecule has 0 bridgehead atoms. The van der Waals surface area contributed by atoms with Gasteiger partial charge in [0, 0.05) is 23.3 Å². The molecule has 3 aromatic rings. The molecule has 2 aromatic heterocycles. The molecular weight excluding hydrogens is 319 g/mol. The van der Waals surface area contributed by atoms with E-state index in [1.807, 2.05) is 36.4 Å². The summed E-state index contributed by atoms with van der Waals surface area (Å²) in [6.45, 7) is 1.32. The van der Waals surface area contributed by atoms with Crippen LogP contribution >= 0.6 is 23.2 Å². The van der Waals surface area contributed by atoms with Gasteiger partial charge < -0.3 is 9.73 Å². The molecule has 0 aliphatic rings. The number of rotatable bonds is 5. The van der Waals surface area contributed by atoms with E-state index in [1.165, 1.54) is 0 Å². The van der Waals surface area contributed by atoms with Crippen molar-refractivity contribution in [3.8, 4) is 11.3 Å². The first-order valence-electron chi connectivity index (χ1n) is 6.87. The molecular formula is C17H14Cl2N2O. The van der Waals surface area contributed by atoms with Crippen LogP contribution in [0.4, 0.5) is 0 Å². The van der Waals surface area contributed by atoms with Crippen molar-refractivity contribution < 1.29 is 4.42 Å². The predicted octanol–water partition coefficient (Wildman–Crippen LogP) is 4.94. The van der Waals surface area contributed by atoms with E-state index in [-0.39, 0.29) is 0 Å².